The Hall–Kier alpha value is -2.70. The van der Waals surface area contributed by atoms with E-state index in [0.29, 0.717) is 12.3 Å². The van der Waals surface area contributed by atoms with Crippen LogP contribution < -0.4 is 0 Å². The fraction of sp³-hybridized carbons (Fsp3) is 0.286. The molecule has 1 amide bonds. The molecule has 0 aromatic carbocycles. The van der Waals surface area contributed by atoms with Gasteiger partial charge in [0.15, 0.2) is 0 Å². The molecule has 106 valence electrons. The van der Waals surface area contributed by atoms with Crippen molar-refractivity contribution in [3.63, 3.8) is 0 Å². The van der Waals surface area contributed by atoms with Gasteiger partial charge in [-0.3, -0.25) is 4.79 Å². The van der Waals surface area contributed by atoms with E-state index in [9.17, 15) is 4.79 Å². The molecule has 0 unspecified atom stereocenters. The van der Waals surface area contributed by atoms with Gasteiger partial charge in [0, 0.05) is 37.4 Å². The first-order valence-corrected chi connectivity index (χ1v) is 6.87. The van der Waals surface area contributed by atoms with E-state index in [-0.39, 0.29) is 17.8 Å². The van der Waals surface area contributed by atoms with Crippen molar-refractivity contribution in [3.05, 3.63) is 48.3 Å². The second-order valence-electron chi connectivity index (χ2n) is 5.10. The molecule has 0 saturated heterocycles. The number of rotatable bonds is 1. The van der Waals surface area contributed by atoms with Crippen molar-refractivity contribution < 1.29 is 4.79 Å². The molecular weight excluding hydrogens is 268 g/mol. The molecule has 3 aromatic rings. The lowest BCUT2D eigenvalue weighted by molar-refractivity contribution is 0.0631. The molecule has 0 radical (unpaired) electrons. The molecule has 1 aliphatic rings. The normalized spacial score (nSPS) is 18.0. The van der Waals surface area contributed by atoms with Crippen molar-refractivity contribution in [1.29, 1.82) is 0 Å². The number of aromatic nitrogens is 5. The minimum Gasteiger partial charge on any atom is -0.348 e. The summed E-state index contributed by atoms with van der Waals surface area (Å²) in [6.45, 7) is 3.48. The fourth-order valence-corrected chi connectivity index (χ4v) is 2.81. The maximum Gasteiger partial charge on any atom is 0.294 e. The summed E-state index contributed by atoms with van der Waals surface area (Å²) in [5.41, 5.74) is 1.14. The third kappa shape index (κ3) is 1.81. The Morgan fingerprint density at radius 3 is 3.05 bits per heavy atom. The van der Waals surface area contributed by atoms with Crippen LogP contribution in [-0.4, -0.2) is 41.5 Å². The predicted octanol–water partition coefficient (Wildman–Crippen LogP) is 1.14. The van der Waals surface area contributed by atoms with Gasteiger partial charge in [-0.05, 0) is 25.1 Å². The number of nitrogens with zero attached hydrogens (tertiary/aromatic N) is 6. The lowest BCUT2D eigenvalue weighted by atomic mass is 10.1. The van der Waals surface area contributed by atoms with Crippen LogP contribution in [0.3, 0.4) is 0 Å². The van der Waals surface area contributed by atoms with E-state index in [4.69, 9.17) is 0 Å². The monoisotopic (exact) mass is 282 g/mol. The lowest BCUT2D eigenvalue weighted by Gasteiger charge is -2.34. The van der Waals surface area contributed by atoms with Crippen LogP contribution in [0.2, 0.25) is 0 Å². The van der Waals surface area contributed by atoms with Gasteiger partial charge < -0.3 is 9.47 Å². The summed E-state index contributed by atoms with van der Waals surface area (Å²) in [4.78, 5) is 22.8. The number of carbonyl (C=O) groups excluding carboxylic acids is 1. The van der Waals surface area contributed by atoms with E-state index in [2.05, 4.69) is 19.6 Å². The summed E-state index contributed by atoms with van der Waals surface area (Å²) in [5.74, 6) is 0.481. The average molecular weight is 282 g/mol. The van der Waals surface area contributed by atoms with E-state index in [1.54, 1.807) is 18.5 Å². The first-order valence-electron chi connectivity index (χ1n) is 6.87. The minimum absolute atomic E-state index is 0.0146. The zero-order valence-electron chi connectivity index (χ0n) is 11.5. The van der Waals surface area contributed by atoms with Crippen molar-refractivity contribution in [2.24, 2.45) is 0 Å². The number of hydrogen-bond acceptors (Lipinski definition) is 4. The quantitative estimate of drug-likeness (QED) is 0.671. The van der Waals surface area contributed by atoms with E-state index in [0.717, 1.165) is 12.2 Å². The van der Waals surface area contributed by atoms with Crippen molar-refractivity contribution >= 4 is 11.7 Å². The second kappa shape index (κ2) is 4.41. The van der Waals surface area contributed by atoms with Gasteiger partial charge in [0.25, 0.3) is 11.7 Å². The van der Waals surface area contributed by atoms with E-state index >= 15 is 0 Å². The minimum atomic E-state index is -0.152. The highest BCUT2D eigenvalue weighted by atomic mass is 16.2. The molecule has 1 aliphatic heterocycles. The van der Waals surface area contributed by atoms with E-state index in [1.165, 1.54) is 4.52 Å². The van der Waals surface area contributed by atoms with Crippen LogP contribution in [0, 0.1) is 0 Å². The number of carbonyl (C=O) groups is 1. The van der Waals surface area contributed by atoms with Gasteiger partial charge >= 0.3 is 0 Å². The molecule has 4 heterocycles. The summed E-state index contributed by atoms with van der Waals surface area (Å²) < 4.78 is 3.69. The number of fused-ring (bicyclic) bond motifs is 2. The molecule has 0 saturated carbocycles. The molecule has 0 bridgehead atoms. The van der Waals surface area contributed by atoms with Crippen molar-refractivity contribution in [2.45, 2.75) is 19.5 Å². The third-order valence-corrected chi connectivity index (χ3v) is 3.91. The molecule has 0 N–H and O–H groups in total. The van der Waals surface area contributed by atoms with Crippen LogP contribution in [-0.2, 0) is 6.54 Å². The van der Waals surface area contributed by atoms with Gasteiger partial charge in [0.05, 0.1) is 6.04 Å². The molecule has 4 rings (SSSR count). The molecule has 0 spiro atoms. The van der Waals surface area contributed by atoms with Gasteiger partial charge in [-0.2, -0.15) is 4.98 Å². The van der Waals surface area contributed by atoms with Gasteiger partial charge in [0.1, 0.15) is 0 Å². The van der Waals surface area contributed by atoms with Crippen LogP contribution >= 0.6 is 0 Å². The summed E-state index contributed by atoms with van der Waals surface area (Å²) in [7, 11) is 0. The molecule has 7 heteroatoms. The predicted molar refractivity (Wildman–Crippen MR) is 74.7 cm³/mol. The summed E-state index contributed by atoms with van der Waals surface area (Å²) >= 11 is 0. The smallest absolute Gasteiger partial charge is 0.294 e. The SMILES string of the molecule is C[C@H]1c2cccn2CCN1C(=O)c1nc2ncccn2n1. The maximum absolute atomic E-state index is 12.7. The standard InChI is InChI=1S/C14H14N6O/c1-10-11-4-2-6-18(11)8-9-19(10)13(21)12-16-14-15-5-3-7-20(14)17-12/h2-7,10H,8-9H2,1H3/t10-/m0/s1. The zero-order chi connectivity index (χ0) is 14.4. The molecule has 1 atom stereocenters. The third-order valence-electron chi connectivity index (χ3n) is 3.91. The Labute approximate surface area is 120 Å². The van der Waals surface area contributed by atoms with Crippen molar-refractivity contribution in [2.75, 3.05) is 6.54 Å². The highest BCUT2D eigenvalue weighted by Gasteiger charge is 2.30. The molecular formula is C14H14N6O. The summed E-state index contributed by atoms with van der Waals surface area (Å²) in [6, 6.07) is 5.82. The van der Waals surface area contributed by atoms with Crippen molar-refractivity contribution in [1.82, 2.24) is 29.0 Å². The Morgan fingerprint density at radius 1 is 1.29 bits per heavy atom. The van der Waals surface area contributed by atoms with Crippen LogP contribution in [0.15, 0.2) is 36.8 Å². The number of amides is 1. The molecule has 0 aliphatic carbocycles. The van der Waals surface area contributed by atoms with Crippen LogP contribution in [0.4, 0.5) is 0 Å². The first-order chi connectivity index (χ1) is 10.2. The van der Waals surface area contributed by atoms with Gasteiger partial charge in [0.2, 0.25) is 5.82 Å². The fourth-order valence-electron chi connectivity index (χ4n) is 2.81. The van der Waals surface area contributed by atoms with Crippen LogP contribution in [0.25, 0.3) is 5.78 Å². The van der Waals surface area contributed by atoms with Crippen molar-refractivity contribution in [3.8, 4) is 0 Å². The topological polar surface area (TPSA) is 68.3 Å². The molecule has 0 fully saturated rings. The second-order valence-corrected chi connectivity index (χ2v) is 5.10. The van der Waals surface area contributed by atoms with Crippen LogP contribution in [0.5, 0.6) is 0 Å². The summed E-state index contributed by atoms with van der Waals surface area (Å²) in [6.07, 6.45) is 5.41. The lowest BCUT2D eigenvalue weighted by Crippen LogP contribution is -2.41. The molecule has 3 aromatic heterocycles. The first kappa shape index (κ1) is 12.1. The Bertz CT molecular complexity index is 787. The Balaban J connectivity index is 1.69. The van der Waals surface area contributed by atoms with Gasteiger partial charge in [-0.15, -0.1) is 5.10 Å². The van der Waals surface area contributed by atoms with Gasteiger partial charge in [-0.25, -0.2) is 9.50 Å². The summed E-state index contributed by atoms with van der Waals surface area (Å²) in [5, 5.41) is 4.21. The number of hydrogen-bond donors (Lipinski definition) is 0. The zero-order valence-corrected chi connectivity index (χ0v) is 11.5. The van der Waals surface area contributed by atoms with E-state index < -0.39 is 0 Å². The highest BCUT2D eigenvalue weighted by Crippen LogP contribution is 2.26. The Morgan fingerprint density at radius 2 is 2.19 bits per heavy atom. The molecule has 21 heavy (non-hydrogen) atoms. The maximum atomic E-state index is 12.7. The Kier molecular flexibility index (Phi) is 2.53. The highest BCUT2D eigenvalue weighted by molar-refractivity contribution is 5.91. The van der Waals surface area contributed by atoms with E-state index in [1.807, 2.05) is 30.2 Å². The van der Waals surface area contributed by atoms with Crippen LogP contribution in [0.1, 0.15) is 29.3 Å². The van der Waals surface area contributed by atoms with Gasteiger partial charge in [-0.1, -0.05) is 0 Å². The largest absolute Gasteiger partial charge is 0.348 e. The average Bonchev–Trinajstić information content (AvgIpc) is 3.13. The molecule has 7 nitrogen and oxygen atoms in total.